The van der Waals surface area contributed by atoms with E-state index in [-0.39, 0.29) is 17.4 Å². The van der Waals surface area contributed by atoms with Gasteiger partial charge in [0.15, 0.2) is 16.8 Å². The number of nitrogens with one attached hydrogen (secondary N) is 1. The van der Waals surface area contributed by atoms with Crippen molar-refractivity contribution in [3.05, 3.63) is 83.3 Å². The fourth-order valence-corrected chi connectivity index (χ4v) is 3.99. The zero-order chi connectivity index (χ0) is 22.5. The Morgan fingerprint density at radius 1 is 1.06 bits per heavy atom. The summed E-state index contributed by atoms with van der Waals surface area (Å²) in [4.78, 5) is 24.4. The van der Waals surface area contributed by atoms with Crippen LogP contribution < -0.4 is 5.32 Å². The van der Waals surface area contributed by atoms with E-state index in [1.54, 1.807) is 42.7 Å². The number of halogens is 1. The SMILES string of the molecule is CC(=O)c1ccccc1NC(=O)CSc1nnc(-c2ccc(Cl)cc2)n1Cc1ccco1. The van der Waals surface area contributed by atoms with E-state index in [2.05, 4.69) is 15.5 Å². The van der Waals surface area contributed by atoms with Crippen LogP contribution in [0.4, 0.5) is 5.69 Å². The van der Waals surface area contributed by atoms with Crippen LogP contribution in [0.3, 0.4) is 0 Å². The van der Waals surface area contributed by atoms with E-state index in [1.165, 1.54) is 18.7 Å². The van der Waals surface area contributed by atoms with Gasteiger partial charge in [-0.15, -0.1) is 10.2 Å². The molecule has 1 amide bonds. The minimum Gasteiger partial charge on any atom is -0.467 e. The summed E-state index contributed by atoms with van der Waals surface area (Å²) in [6.45, 7) is 1.88. The molecule has 0 saturated heterocycles. The number of hydrogen-bond acceptors (Lipinski definition) is 6. The van der Waals surface area contributed by atoms with E-state index >= 15 is 0 Å². The Morgan fingerprint density at radius 3 is 2.56 bits per heavy atom. The molecule has 4 aromatic rings. The molecule has 0 aliphatic heterocycles. The Hall–Kier alpha value is -3.36. The van der Waals surface area contributed by atoms with Crippen LogP contribution in [0.15, 0.2) is 76.5 Å². The molecule has 162 valence electrons. The van der Waals surface area contributed by atoms with Gasteiger partial charge in [-0.2, -0.15) is 0 Å². The minimum atomic E-state index is -0.246. The lowest BCUT2D eigenvalue weighted by atomic mass is 10.1. The van der Waals surface area contributed by atoms with Crippen LogP contribution in [-0.2, 0) is 11.3 Å². The molecule has 0 spiro atoms. The van der Waals surface area contributed by atoms with Crippen LogP contribution in [-0.4, -0.2) is 32.2 Å². The van der Waals surface area contributed by atoms with Gasteiger partial charge in [0.05, 0.1) is 24.2 Å². The first-order valence-corrected chi connectivity index (χ1v) is 11.1. The fourth-order valence-electron chi connectivity index (χ4n) is 3.12. The molecule has 0 atom stereocenters. The van der Waals surface area contributed by atoms with E-state index in [9.17, 15) is 9.59 Å². The van der Waals surface area contributed by atoms with Crippen molar-refractivity contribution in [2.75, 3.05) is 11.1 Å². The number of thioether (sulfide) groups is 1. The molecule has 2 aromatic heterocycles. The minimum absolute atomic E-state index is 0.100. The van der Waals surface area contributed by atoms with Crippen molar-refractivity contribution < 1.29 is 14.0 Å². The van der Waals surface area contributed by atoms with Gasteiger partial charge in [0.25, 0.3) is 0 Å². The molecule has 4 rings (SSSR count). The average Bonchev–Trinajstić information content (AvgIpc) is 3.44. The number of carbonyl (C=O) groups is 2. The molecule has 0 aliphatic rings. The Balaban J connectivity index is 1.54. The first-order valence-electron chi connectivity index (χ1n) is 9.75. The lowest BCUT2D eigenvalue weighted by Crippen LogP contribution is -2.16. The average molecular weight is 467 g/mol. The highest BCUT2D eigenvalue weighted by Crippen LogP contribution is 2.27. The molecule has 0 saturated carbocycles. The summed E-state index contributed by atoms with van der Waals surface area (Å²) in [5.74, 6) is 1.12. The lowest BCUT2D eigenvalue weighted by molar-refractivity contribution is -0.113. The summed E-state index contributed by atoms with van der Waals surface area (Å²) in [5, 5.41) is 12.6. The van der Waals surface area contributed by atoms with Gasteiger partial charge in [-0.05, 0) is 55.5 Å². The molecule has 0 radical (unpaired) electrons. The van der Waals surface area contributed by atoms with E-state index in [1.807, 2.05) is 28.8 Å². The highest BCUT2D eigenvalue weighted by atomic mass is 35.5. The van der Waals surface area contributed by atoms with Gasteiger partial charge in [-0.3, -0.25) is 14.2 Å². The Kier molecular flexibility index (Phi) is 6.72. The second kappa shape index (κ2) is 9.84. The molecule has 9 heteroatoms. The number of amides is 1. The molecule has 0 aliphatic carbocycles. The summed E-state index contributed by atoms with van der Waals surface area (Å²) in [6.07, 6.45) is 1.61. The van der Waals surface area contributed by atoms with Gasteiger partial charge in [-0.25, -0.2) is 0 Å². The molecule has 1 N–H and O–H groups in total. The number of aromatic nitrogens is 3. The van der Waals surface area contributed by atoms with Gasteiger partial charge in [0.1, 0.15) is 5.76 Å². The van der Waals surface area contributed by atoms with Crippen molar-refractivity contribution in [3.63, 3.8) is 0 Å². The lowest BCUT2D eigenvalue weighted by Gasteiger charge is -2.10. The second-order valence-corrected chi connectivity index (χ2v) is 8.30. The van der Waals surface area contributed by atoms with Crippen LogP contribution >= 0.6 is 23.4 Å². The standard InChI is InChI=1S/C23H19ClN4O3S/c1-15(29)19-6-2-3-7-20(19)25-21(30)14-32-23-27-26-22(16-8-10-17(24)11-9-16)28(23)13-18-5-4-12-31-18/h2-12H,13-14H2,1H3,(H,25,30). The Labute approximate surface area is 193 Å². The highest BCUT2D eigenvalue weighted by Gasteiger charge is 2.18. The summed E-state index contributed by atoms with van der Waals surface area (Å²) >= 11 is 7.27. The first kappa shape index (κ1) is 21.9. The van der Waals surface area contributed by atoms with Crippen LogP contribution in [0.1, 0.15) is 23.0 Å². The summed E-state index contributed by atoms with van der Waals surface area (Å²) in [6, 6.07) is 17.9. The zero-order valence-corrected chi connectivity index (χ0v) is 18.7. The quantitative estimate of drug-likeness (QED) is 0.284. The maximum Gasteiger partial charge on any atom is 0.234 e. The third kappa shape index (κ3) is 5.09. The molecule has 32 heavy (non-hydrogen) atoms. The molecule has 0 unspecified atom stereocenters. The molecule has 0 fully saturated rings. The summed E-state index contributed by atoms with van der Waals surface area (Å²) in [5.41, 5.74) is 1.81. The molecular formula is C23H19ClN4O3S. The predicted octanol–water partition coefficient (Wildman–Crippen LogP) is 5.17. The molecule has 7 nitrogen and oxygen atoms in total. The zero-order valence-electron chi connectivity index (χ0n) is 17.1. The number of hydrogen-bond donors (Lipinski definition) is 1. The van der Waals surface area contributed by atoms with E-state index in [0.717, 1.165) is 11.3 Å². The maximum absolute atomic E-state index is 12.6. The van der Waals surface area contributed by atoms with E-state index in [0.29, 0.717) is 33.8 Å². The number of benzene rings is 2. The van der Waals surface area contributed by atoms with Crippen molar-refractivity contribution in [3.8, 4) is 11.4 Å². The largest absolute Gasteiger partial charge is 0.467 e. The van der Waals surface area contributed by atoms with E-state index in [4.69, 9.17) is 16.0 Å². The molecule has 0 bridgehead atoms. The number of furan rings is 1. The third-order valence-electron chi connectivity index (χ3n) is 4.63. The van der Waals surface area contributed by atoms with Crippen molar-refractivity contribution in [1.82, 2.24) is 14.8 Å². The van der Waals surface area contributed by atoms with Gasteiger partial charge in [0, 0.05) is 16.1 Å². The van der Waals surface area contributed by atoms with Crippen LogP contribution in [0.5, 0.6) is 0 Å². The summed E-state index contributed by atoms with van der Waals surface area (Å²) < 4.78 is 7.39. The van der Waals surface area contributed by atoms with Crippen molar-refractivity contribution in [2.45, 2.75) is 18.6 Å². The second-order valence-electron chi connectivity index (χ2n) is 6.92. The van der Waals surface area contributed by atoms with Crippen molar-refractivity contribution in [1.29, 1.82) is 0 Å². The van der Waals surface area contributed by atoms with Gasteiger partial charge >= 0.3 is 0 Å². The number of nitrogens with zero attached hydrogens (tertiary/aromatic N) is 3. The molecule has 2 heterocycles. The highest BCUT2D eigenvalue weighted by molar-refractivity contribution is 7.99. The number of ketones is 1. The first-order chi connectivity index (χ1) is 15.5. The maximum atomic E-state index is 12.6. The van der Waals surface area contributed by atoms with Gasteiger partial charge < -0.3 is 9.73 Å². The Bertz CT molecular complexity index is 1240. The topological polar surface area (TPSA) is 90.0 Å². The number of carbonyl (C=O) groups excluding carboxylic acids is 2. The smallest absolute Gasteiger partial charge is 0.234 e. The fraction of sp³-hybridized carbons (Fsp3) is 0.130. The summed E-state index contributed by atoms with van der Waals surface area (Å²) in [7, 11) is 0. The monoisotopic (exact) mass is 466 g/mol. The van der Waals surface area contributed by atoms with Crippen molar-refractivity contribution >= 4 is 40.7 Å². The van der Waals surface area contributed by atoms with Crippen LogP contribution in [0, 0.1) is 0 Å². The third-order valence-corrected chi connectivity index (χ3v) is 5.84. The van der Waals surface area contributed by atoms with Crippen molar-refractivity contribution in [2.24, 2.45) is 0 Å². The predicted molar refractivity (Wildman–Crippen MR) is 124 cm³/mol. The number of Topliss-reactive ketones (excluding diaryl/α,β-unsaturated/α-hetero) is 1. The van der Waals surface area contributed by atoms with Crippen LogP contribution in [0.2, 0.25) is 5.02 Å². The normalized spacial score (nSPS) is 10.8. The van der Waals surface area contributed by atoms with Gasteiger partial charge in [-0.1, -0.05) is 35.5 Å². The molecular weight excluding hydrogens is 448 g/mol. The van der Waals surface area contributed by atoms with Crippen LogP contribution in [0.25, 0.3) is 11.4 Å². The Morgan fingerprint density at radius 2 is 1.84 bits per heavy atom. The molecule has 2 aromatic carbocycles. The number of anilines is 1. The number of rotatable bonds is 8. The van der Waals surface area contributed by atoms with E-state index < -0.39 is 0 Å². The van der Waals surface area contributed by atoms with Gasteiger partial charge in [0.2, 0.25) is 5.91 Å². The number of para-hydroxylation sites is 1.